The third-order valence-electron chi connectivity index (χ3n) is 1.17. The van der Waals surface area contributed by atoms with Gasteiger partial charge in [-0.1, -0.05) is 0 Å². The first-order chi connectivity index (χ1) is 5.59. The Morgan fingerprint density at radius 3 is 2.75 bits per heavy atom. The predicted octanol–water partition coefficient (Wildman–Crippen LogP) is 2.68. The summed E-state index contributed by atoms with van der Waals surface area (Å²) in [4.78, 5) is 10.1. The Balaban J connectivity index is 2.89. The number of hydrogen-bond acceptors (Lipinski definition) is 1. The molecule has 0 atom stereocenters. The van der Waals surface area contributed by atoms with E-state index in [2.05, 4.69) is 15.9 Å². The van der Waals surface area contributed by atoms with Gasteiger partial charge in [-0.15, -0.1) is 0 Å². The molecular weight excluding hydrogens is 229 g/mol. The Morgan fingerprint density at radius 2 is 2.25 bits per heavy atom. The lowest BCUT2D eigenvalue weighted by Gasteiger charge is -2.00. The molecular formula is C7H5BrFNO2. The second-order valence-electron chi connectivity index (χ2n) is 2.06. The molecule has 3 nitrogen and oxygen atoms in total. The summed E-state index contributed by atoms with van der Waals surface area (Å²) < 4.78 is 13.1. The largest absolute Gasteiger partial charge is 0.465 e. The molecule has 2 N–H and O–H groups in total. The molecule has 1 amide bonds. The first-order valence-corrected chi connectivity index (χ1v) is 3.84. The first kappa shape index (κ1) is 8.99. The van der Waals surface area contributed by atoms with Crippen LogP contribution < -0.4 is 5.32 Å². The van der Waals surface area contributed by atoms with Gasteiger partial charge in [0, 0.05) is 5.69 Å². The summed E-state index contributed by atoms with van der Waals surface area (Å²) in [5.74, 6) is -0.499. The van der Waals surface area contributed by atoms with Gasteiger partial charge in [-0.05, 0) is 34.1 Å². The number of halogens is 2. The molecule has 0 spiro atoms. The van der Waals surface area contributed by atoms with Gasteiger partial charge < -0.3 is 5.11 Å². The Labute approximate surface area is 76.3 Å². The summed E-state index contributed by atoms with van der Waals surface area (Å²) in [5, 5.41) is 10.3. The number of nitrogens with one attached hydrogen (secondary N) is 1. The van der Waals surface area contributed by atoms with Crippen LogP contribution in [0.4, 0.5) is 14.9 Å². The minimum Gasteiger partial charge on any atom is -0.465 e. The molecule has 0 aliphatic rings. The fourth-order valence-corrected chi connectivity index (χ4v) is 0.944. The van der Waals surface area contributed by atoms with E-state index in [1.807, 2.05) is 5.32 Å². The number of carbonyl (C=O) groups is 1. The summed E-state index contributed by atoms with van der Waals surface area (Å²) >= 11 is 2.95. The van der Waals surface area contributed by atoms with Gasteiger partial charge in [-0.25, -0.2) is 9.18 Å². The minimum absolute atomic E-state index is 0.211. The van der Waals surface area contributed by atoms with Crippen LogP contribution in [0, 0.1) is 5.82 Å². The molecule has 0 radical (unpaired) electrons. The molecule has 1 rings (SSSR count). The molecule has 0 saturated heterocycles. The molecule has 1 aromatic rings. The normalized spacial score (nSPS) is 9.50. The van der Waals surface area contributed by atoms with Gasteiger partial charge >= 0.3 is 6.09 Å². The van der Waals surface area contributed by atoms with Gasteiger partial charge in [-0.2, -0.15) is 0 Å². The van der Waals surface area contributed by atoms with Gasteiger partial charge in [0.2, 0.25) is 0 Å². The monoisotopic (exact) mass is 233 g/mol. The van der Waals surface area contributed by atoms with Crippen molar-refractivity contribution in [2.24, 2.45) is 0 Å². The number of anilines is 1. The van der Waals surface area contributed by atoms with Crippen molar-refractivity contribution in [3.8, 4) is 0 Å². The molecule has 64 valence electrons. The van der Waals surface area contributed by atoms with Crippen LogP contribution in [-0.4, -0.2) is 11.2 Å². The molecule has 0 aromatic heterocycles. The van der Waals surface area contributed by atoms with Crippen LogP contribution in [0.3, 0.4) is 0 Å². The van der Waals surface area contributed by atoms with Crippen molar-refractivity contribution >= 4 is 27.7 Å². The van der Waals surface area contributed by atoms with E-state index in [1.54, 1.807) is 0 Å². The van der Waals surface area contributed by atoms with E-state index in [0.29, 0.717) is 4.47 Å². The maximum absolute atomic E-state index is 12.7. The van der Waals surface area contributed by atoms with E-state index < -0.39 is 11.9 Å². The van der Waals surface area contributed by atoms with Gasteiger partial charge in [0.15, 0.2) is 0 Å². The maximum Gasteiger partial charge on any atom is 0.409 e. The van der Waals surface area contributed by atoms with Crippen molar-refractivity contribution in [3.05, 3.63) is 28.5 Å². The Kier molecular flexibility index (Phi) is 2.65. The van der Waals surface area contributed by atoms with Crippen LogP contribution in [0.25, 0.3) is 0 Å². The smallest absolute Gasteiger partial charge is 0.409 e. The van der Waals surface area contributed by atoms with Crippen LogP contribution in [0.5, 0.6) is 0 Å². The highest BCUT2D eigenvalue weighted by atomic mass is 79.9. The zero-order chi connectivity index (χ0) is 9.14. The van der Waals surface area contributed by atoms with Crippen molar-refractivity contribution in [1.82, 2.24) is 0 Å². The summed E-state index contributed by atoms with van der Waals surface area (Å²) in [6, 6.07) is 3.99. The Hall–Kier alpha value is -1.10. The average Bonchev–Trinajstić information content (AvgIpc) is 1.96. The summed E-state index contributed by atoms with van der Waals surface area (Å²) in [7, 11) is 0. The molecule has 0 unspecified atom stereocenters. The van der Waals surface area contributed by atoms with Crippen LogP contribution in [0.15, 0.2) is 22.7 Å². The van der Waals surface area contributed by atoms with E-state index in [-0.39, 0.29) is 5.69 Å². The molecule has 0 aliphatic carbocycles. The highest BCUT2D eigenvalue weighted by Gasteiger charge is 2.01. The van der Waals surface area contributed by atoms with Crippen LogP contribution in [0.1, 0.15) is 0 Å². The van der Waals surface area contributed by atoms with Crippen molar-refractivity contribution in [1.29, 1.82) is 0 Å². The number of hydrogen-bond donors (Lipinski definition) is 2. The predicted molar refractivity (Wildman–Crippen MR) is 45.7 cm³/mol. The minimum atomic E-state index is -1.21. The standard InChI is InChI=1S/C7H5BrFNO2/c8-5-2-1-4(3-6(5)9)10-7(11)12/h1-3,10H,(H,11,12). The number of rotatable bonds is 1. The lowest BCUT2D eigenvalue weighted by molar-refractivity contribution is 0.210. The summed E-state index contributed by atoms with van der Waals surface area (Å²) in [5.41, 5.74) is 0.211. The number of benzene rings is 1. The first-order valence-electron chi connectivity index (χ1n) is 3.04. The highest BCUT2D eigenvalue weighted by molar-refractivity contribution is 9.10. The lowest BCUT2D eigenvalue weighted by Crippen LogP contribution is -2.07. The van der Waals surface area contributed by atoms with Crippen LogP contribution in [0.2, 0.25) is 0 Å². The maximum atomic E-state index is 12.7. The number of carboxylic acid groups (broad SMARTS) is 1. The van der Waals surface area contributed by atoms with E-state index in [4.69, 9.17) is 5.11 Å². The molecule has 0 aliphatic heterocycles. The van der Waals surface area contributed by atoms with Gasteiger partial charge in [0.05, 0.1) is 4.47 Å². The molecule has 5 heteroatoms. The molecule has 1 aromatic carbocycles. The Morgan fingerprint density at radius 1 is 1.58 bits per heavy atom. The van der Waals surface area contributed by atoms with Crippen LogP contribution >= 0.6 is 15.9 Å². The van der Waals surface area contributed by atoms with E-state index in [9.17, 15) is 9.18 Å². The zero-order valence-corrected chi connectivity index (χ0v) is 7.43. The van der Waals surface area contributed by atoms with Crippen LogP contribution in [-0.2, 0) is 0 Å². The SMILES string of the molecule is O=C(O)Nc1ccc(Br)c(F)c1. The van der Waals surface area contributed by atoms with Gasteiger partial charge in [-0.3, -0.25) is 5.32 Å². The quantitative estimate of drug-likeness (QED) is 0.784. The van der Waals surface area contributed by atoms with Gasteiger partial charge in [0.25, 0.3) is 0 Å². The van der Waals surface area contributed by atoms with Crippen molar-refractivity contribution in [2.45, 2.75) is 0 Å². The number of amides is 1. The second kappa shape index (κ2) is 3.53. The average molecular weight is 234 g/mol. The molecule has 0 bridgehead atoms. The third-order valence-corrected chi connectivity index (χ3v) is 1.81. The lowest BCUT2D eigenvalue weighted by atomic mass is 10.3. The van der Waals surface area contributed by atoms with E-state index >= 15 is 0 Å². The summed E-state index contributed by atoms with van der Waals surface area (Å²) in [6.45, 7) is 0. The molecule has 12 heavy (non-hydrogen) atoms. The van der Waals surface area contributed by atoms with Crippen molar-refractivity contribution in [2.75, 3.05) is 5.32 Å². The summed E-state index contributed by atoms with van der Waals surface area (Å²) in [6.07, 6.45) is -1.21. The van der Waals surface area contributed by atoms with E-state index in [0.717, 1.165) is 6.07 Å². The Bertz CT molecular complexity index is 316. The molecule has 0 saturated carbocycles. The molecule has 0 fully saturated rings. The fraction of sp³-hybridized carbons (Fsp3) is 0. The van der Waals surface area contributed by atoms with Crippen molar-refractivity contribution < 1.29 is 14.3 Å². The topological polar surface area (TPSA) is 49.3 Å². The molecule has 0 heterocycles. The highest BCUT2D eigenvalue weighted by Crippen LogP contribution is 2.18. The zero-order valence-electron chi connectivity index (χ0n) is 5.84. The fourth-order valence-electron chi connectivity index (χ4n) is 0.697. The second-order valence-corrected chi connectivity index (χ2v) is 2.91. The third kappa shape index (κ3) is 2.20. The van der Waals surface area contributed by atoms with Crippen molar-refractivity contribution in [3.63, 3.8) is 0 Å². The van der Waals surface area contributed by atoms with Gasteiger partial charge in [0.1, 0.15) is 5.82 Å². The van der Waals surface area contributed by atoms with E-state index in [1.165, 1.54) is 12.1 Å².